The minimum atomic E-state index is -0.104. The van der Waals surface area contributed by atoms with Crippen molar-refractivity contribution in [1.29, 1.82) is 0 Å². The molecule has 70 heavy (non-hydrogen) atoms. The van der Waals surface area contributed by atoms with Crippen molar-refractivity contribution < 1.29 is 19.7 Å². The number of hydrogen-bond acceptors (Lipinski definition) is 6. The number of hydrogen-bond donors (Lipinski definition) is 4. The van der Waals surface area contributed by atoms with Gasteiger partial charge in [-0.1, -0.05) is 24.3 Å². The minimum absolute atomic E-state index is 0.0868. The largest absolute Gasteiger partial charge is 0.506 e. The van der Waals surface area contributed by atoms with Crippen LogP contribution in [0.15, 0.2) is 72.8 Å². The lowest BCUT2D eigenvalue weighted by molar-refractivity contribution is -0.215. The molecule has 366 valence electrons. The molecule has 0 aromatic heterocycles. The molecule has 6 N–H and O–H groups in total. The standard InChI is InChI=1S/C64H76N2O4/c65-54-20-52(60-24-36-9-37(25-60)11-38(10-36)26-60)58(22-56(54)67)69-50-5-1-46(2-6-50)64(48-18-45-19-49(64)35-63(33-45,34-48)62-30-42-15-43(31-62)17-44(16-42)32-62)47-3-7-51(8-4-47)70-59-23-57(68)55(66)21-53(59)61-27-39-12-40(28-61)14-41(13-39)29-61/h1-8,20-23,36-45,48-49,67-68H,9-19,24-35,65-66H2. The summed E-state index contributed by atoms with van der Waals surface area (Å²) in [6.45, 7) is 0. The molecule has 0 saturated heterocycles. The molecule has 16 bridgehead atoms. The Kier molecular flexibility index (Phi) is 8.72. The van der Waals surface area contributed by atoms with E-state index in [0.717, 1.165) is 82.2 Å². The lowest BCUT2D eigenvalue weighted by Gasteiger charge is -2.73. The van der Waals surface area contributed by atoms with Gasteiger partial charge in [0.2, 0.25) is 0 Å². The van der Waals surface area contributed by atoms with Gasteiger partial charge in [-0.25, -0.2) is 0 Å². The van der Waals surface area contributed by atoms with Gasteiger partial charge in [0, 0.05) is 28.7 Å². The molecule has 4 aromatic rings. The van der Waals surface area contributed by atoms with E-state index in [-0.39, 0.29) is 27.7 Å². The van der Waals surface area contributed by atoms with Crippen LogP contribution in [0, 0.1) is 81.8 Å². The molecule has 0 heterocycles. The third kappa shape index (κ3) is 5.97. The summed E-state index contributed by atoms with van der Waals surface area (Å²) in [7, 11) is 0. The number of rotatable bonds is 9. The highest BCUT2D eigenvalue weighted by molar-refractivity contribution is 5.63. The first-order chi connectivity index (χ1) is 33.9. The summed E-state index contributed by atoms with van der Waals surface area (Å²) in [4.78, 5) is 0. The van der Waals surface area contributed by atoms with Gasteiger partial charge < -0.3 is 31.2 Å². The van der Waals surface area contributed by atoms with E-state index < -0.39 is 0 Å². The SMILES string of the molecule is Nc1cc(C23CC4CC(CC(C4)C2)C3)c(Oc2ccc(C3(c4ccc(Oc5cc(O)c(N)cc5C56CC7CC(CC(C7)C5)C6)cc4)C4CC5CC3CC(C36CC7CC(CC(C7)C3)C6)(C5)C4)cc2)cc1O. The van der Waals surface area contributed by atoms with Crippen molar-refractivity contribution in [3.8, 4) is 34.5 Å². The van der Waals surface area contributed by atoms with Gasteiger partial charge in [-0.3, -0.25) is 0 Å². The van der Waals surface area contributed by atoms with Gasteiger partial charge in [0.15, 0.2) is 0 Å². The predicted octanol–water partition coefficient (Wildman–Crippen LogP) is 15.1. The van der Waals surface area contributed by atoms with E-state index in [1.165, 1.54) is 170 Å². The first-order valence-electron chi connectivity index (χ1n) is 28.7. The Bertz CT molecular complexity index is 2520. The second kappa shape index (κ2) is 14.5. The Hall–Kier alpha value is -4.32. The van der Waals surface area contributed by atoms with Crippen LogP contribution in [0.3, 0.4) is 0 Å². The molecule has 0 radical (unpaired) electrons. The fourth-order valence-corrected chi connectivity index (χ4v) is 23.4. The van der Waals surface area contributed by atoms with Crippen LogP contribution in [0.4, 0.5) is 11.4 Å². The predicted molar refractivity (Wildman–Crippen MR) is 275 cm³/mol. The molecule has 6 heteroatoms. The summed E-state index contributed by atoms with van der Waals surface area (Å²) in [6, 6.07) is 26.6. The van der Waals surface area contributed by atoms with Gasteiger partial charge in [-0.05, 0) is 288 Å². The van der Waals surface area contributed by atoms with Crippen LogP contribution < -0.4 is 20.9 Å². The number of benzene rings is 4. The Morgan fingerprint density at radius 3 is 1.01 bits per heavy atom. The maximum Gasteiger partial charge on any atom is 0.142 e. The van der Waals surface area contributed by atoms with Crippen LogP contribution in [0.25, 0.3) is 0 Å². The van der Waals surface area contributed by atoms with Crippen LogP contribution in [0.1, 0.15) is 170 Å². The first-order valence-corrected chi connectivity index (χ1v) is 28.7. The maximum absolute atomic E-state index is 11.1. The number of nitrogen functional groups attached to an aromatic ring is 2. The molecule has 16 fully saturated rings. The minimum Gasteiger partial charge on any atom is -0.506 e. The van der Waals surface area contributed by atoms with E-state index in [0.29, 0.717) is 34.0 Å². The van der Waals surface area contributed by atoms with Crippen LogP contribution >= 0.6 is 0 Å². The number of nitrogens with two attached hydrogens (primary N) is 2. The number of phenolic OH excluding ortho intramolecular Hbond substituents is 2. The van der Waals surface area contributed by atoms with Crippen molar-refractivity contribution in [2.24, 2.45) is 81.8 Å². The summed E-state index contributed by atoms with van der Waals surface area (Å²) >= 11 is 0. The maximum atomic E-state index is 11.1. The van der Waals surface area contributed by atoms with Crippen molar-refractivity contribution in [1.82, 2.24) is 0 Å². The van der Waals surface area contributed by atoms with Gasteiger partial charge in [0.25, 0.3) is 0 Å². The van der Waals surface area contributed by atoms with Gasteiger partial charge in [-0.2, -0.15) is 0 Å². The van der Waals surface area contributed by atoms with Gasteiger partial charge >= 0.3 is 0 Å². The number of ether oxygens (including phenoxy) is 2. The zero-order chi connectivity index (χ0) is 46.5. The van der Waals surface area contributed by atoms with Crippen LogP contribution in [0.2, 0.25) is 0 Å². The molecular weight excluding hydrogens is 861 g/mol. The van der Waals surface area contributed by atoms with Crippen LogP contribution in [-0.4, -0.2) is 10.2 Å². The second-order valence-corrected chi connectivity index (χ2v) is 28.2. The zero-order valence-corrected chi connectivity index (χ0v) is 41.5. The molecular formula is C64H76N2O4. The normalized spacial score (nSPS) is 44.9. The van der Waals surface area contributed by atoms with E-state index in [1.54, 1.807) is 0 Å². The molecule has 0 aliphatic heterocycles. The molecule has 6 nitrogen and oxygen atoms in total. The molecule has 0 spiro atoms. The van der Waals surface area contributed by atoms with Crippen molar-refractivity contribution in [3.63, 3.8) is 0 Å². The lowest BCUT2D eigenvalue weighted by atomic mass is 9.31. The second-order valence-electron chi connectivity index (χ2n) is 28.2. The summed E-state index contributed by atoms with van der Waals surface area (Å²) < 4.78 is 14.0. The average molecular weight is 937 g/mol. The molecule has 2 unspecified atom stereocenters. The van der Waals surface area contributed by atoms with Gasteiger partial charge in [-0.15, -0.1) is 0 Å². The molecule has 4 aromatic carbocycles. The highest BCUT2D eigenvalue weighted by Crippen LogP contribution is 2.78. The van der Waals surface area contributed by atoms with Crippen molar-refractivity contribution in [2.45, 2.75) is 164 Å². The monoisotopic (exact) mass is 937 g/mol. The zero-order valence-electron chi connectivity index (χ0n) is 41.5. The smallest absolute Gasteiger partial charge is 0.142 e. The Labute approximate surface area is 416 Å². The summed E-state index contributed by atoms with van der Waals surface area (Å²) in [5.41, 5.74) is 20.4. The van der Waals surface area contributed by atoms with Crippen molar-refractivity contribution >= 4 is 11.4 Å². The highest BCUT2D eigenvalue weighted by Gasteiger charge is 2.70. The third-order valence-corrected chi connectivity index (χ3v) is 24.2. The van der Waals surface area contributed by atoms with E-state index in [4.69, 9.17) is 20.9 Å². The Morgan fingerprint density at radius 1 is 0.371 bits per heavy atom. The average Bonchev–Trinajstić information content (AvgIpc) is 3.31. The van der Waals surface area contributed by atoms with Crippen molar-refractivity contribution in [2.75, 3.05) is 11.5 Å². The molecule has 16 aliphatic rings. The van der Waals surface area contributed by atoms with E-state index in [9.17, 15) is 10.2 Å². The Morgan fingerprint density at radius 2 is 0.671 bits per heavy atom. The number of phenols is 2. The van der Waals surface area contributed by atoms with Gasteiger partial charge in [0.05, 0.1) is 11.4 Å². The summed E-state index contributed by atoms with van der Waals surface area (Å²) in [5.74, 6) is 13.2. The Balaban J connectivity index is 0.763. The summed E-state index contributed by atoms with van der Waals surface area (Å²) in [6.07, 6.45) is 31.5. The van der Waals surface area contributed by atoms with E-state index in [2.05, 4.69) is 60.7 Å². The molecule has 20 rings (SSSR count). The summed E-state index contributed by atoms with van der Waals surface area (Å²) in [5, 5.41) is 22.2. The van der Waals surface area contributed by atoms with Crippen molar-refractivity contribution in [3.05, 3.63) is 95.1 Å². The van der Waals surface area contributed by atoms with Crippen LogP contribution in [0.5, 0.6) is 34.5 Å². The lowest BCUT2D eigenvalue weighted by Crippen LogP contribution is -2.66. The molecule has 0 amide bonds. The highest BCUT2D eigenvalue weighted by atomic mass is 16.5. The topological polar surface area (TPSA) is 111 Å². The van der Waals surface area contributed by atoms with E-state index in [1.807, 2.05) is 12.1 Å². The van der Waals surface area contributed by atoms with E-state index >= 15 is 0 Å². The number of anilines is 2. The van der Waals surface area contributed by atoms with Gasteiger partial charge in [0.1, 0.15) is 34.5 Å². The third-order valence-electron chi connectivity index (χ3n) is 24.2. The molecule has 16 saturated carbocycles. The van der Waals surface area contributed by atoms with Crippen LogP contribution in [-0.2, 0) is 16.2 Å². The quantitative estimate of drug-likeness (QED) is 0.0983. The fraction of sp³-hybridized carbons (Fsp3) is 0.625. The molecule has 16 aliphatic carbocycles. The number of aromatic hydroxyl groups is 2. The fourth-order valence-electron chi connectivity index (χ4n) is 23.4. The molecule has 2 atom stereocenters. The first kappa shape index (κ1) is 42.2.